The van der Waals surface area contributed by atoms with E-state index >= 15 is 4.79 Å². The Morgan fingerprint density at radius 1 is 1.02 bits per heavy atom. The van der Waals surface area contributed by atoms with Crippen LogP contribution in [0.4, 0.5) is 0 Å². The van der Waals surface area contributed by atoms with Crippen LogP contribution in [0.2, 0.25) is 0 Å². The molecule has 1 aromatic rings. The van der Waals surface area contributed by atoms with Gasteiger partial charge in [-0.2, -0.15) is 0 Å². The van der Waals surface area contributed by atoms with E-state index in [0.717, 1.165) is 5.56 Å². The summed E-state index contributed by atoms with van der Waals surface area (Å²) in [6.45, 7) is 14.1. The minimum absolute atomic E-state index is 0.0981. The summed E-state index contributed by atoms with van der Waals surface area (Å²) >= 11 is 0. The number of nitrogens with zero attached hydrogens (tertiary/aromatic N) is 3. The van der Waals surface area contributed by atoms with Crippen LogP contribution in [0.1, 0.15) is 85.8 Å². The number of benzene rings is 1. The molecule has 2 saturated heterocycles. The fourth-order valence-electron chi connectivity index (χ4n) is 8.54. The smallest absolute Gasteiger partial charge is 0.313 e. The molecule has 0 radical (unpaired) electrons. The number of ether oxygens (including phenoxy) is 2. The number of esters is 1. The number of cyclic esters (lactones) is 1. The fraction of sp³-hybridized carbons (Fsp3) is 0.632. The van der Waals surface area contributed by atoms with E-state index < -0.39 is 65.2 Å². The molecule has 5 bridgehead atoms. The number of carbonyl (C=O) groups is 4. The van der Waals surface area contributed by atoms with E-state index in [2.05, 4.69) is 20.8 Å². The van der Waals surface area contributed by atoms with Crippen LogP contribution < -0.4 is 0 Å². The van der Waals surface area contributed by atoms with Crippen LogP contribution in [-0.2, 0) is 28.7 Å². The minimum atomic E-state index is -1.40. The first-order chi connectivity index (χ1) is 22.6. The van der Waals surface area contributed by atoms with Crippen molar-refractivity contribution in [2.75, 3.05) is 20.2 Å². The number of fused-ring (bicyclic) bond motifs is 2. The summed E-state index contributed by atoms with van der Waals surface area (Å²) in [7, 11) is 1.71. The molecule has 2 fully saturated rings. The highest BCUT2D eigenvalue weighted by Gasteiger charge is 2.74. The molecule has 0 aliphatic carbocycles. The molecule has 1 N–H and O–H groups in total. The average Bonchev–Trinajstić information content (AvgIpc) is 3.67. The topological polar surface area (TPSA) is 117 Å². The Hall–Kier alpha value is -3.50. The molecule has 262 valence electrons. The van der Waals surface area contributed by atoms with E-state index in [0.29, 0.717) is 19.3 Å². The molecule has 1 aromatic carbocycles. The third-order valence-corrected chi connectivity index (χ3v) is 10.6. The number of allylic oxidation sites excluding steroid dienone is 1. The maximum Gasteiger partial charge on any atom is 0.313 e. The zero-order chi connectivity index (χ0) is 35.2. The lowest BCUT2D eigenvalue weighted by Gasteiger charge is -2.46. The summed E-state index contributed by atoms with van der Waals surface area (Å²) in [6, 6.07) is 7.04. The summed E-state index contributed by atoms with van der Waals surface area (Å²) < 4.78 is 12.9. The molecular formula is C38H53N3O7. The number of rotatable bonds is 6. The fourth-order valence-corrected chi connectivity index (χ4v) is 8.54. The Morgan fingerprint density at radius 3 is 2.33 bits per heavy atom. The molecule has 10 heteroatoms. The third-order valence-electron chi connectivity index (χ3n) is 10.6. The van der Waals surface area contributed by atoms with E-state index in [9.17, 15) is 19.5 Å². The molecular weight excluding hydrogens is 610 g/mol. The van der Waals surface area contributed by atoms with E-state index in [1.807, 2.05) is 70.2 Å². The van der Waals surface area contributed by atoms with Crippen molar-refractivity contribution < 1.29 is 33.8 Å². The summed E-state index contributed by atoms with van der Waals surface area (Å²) in [5, 5.41) is 10.5. The predicted molar refractivity (Wildman–Crippen MR) is 181 cm³/mol. The monoisotopic (exact) mass is 663 g/mol. The highest BCUT2D eigenvalue weighted by molar-refractivity contribution is 5.99. The molecule has 0 aromatic heterocycles. The number of hydrogen-bond acceptors (Lipinski definition) is 7. The molecule has 5 rings (SSSR count). The Kier molecular flexibility index (Phi) is 10.0. The van der Waals surface area contributed by atoms with Gasteiger partial charge in [-0.05, 0) is 51.0 Å². The second-order valence-corrected chi connectivity index (χ2v) is 15.7. The minimum Gasteiger partial charge on any atom is -0.455 e. The molecule has 1 spiro atoms. The zero-order valence-electron chi connectivity index (χ0n) is 29.7. The lowest BCUT2D eigenvalue weighted by Crippen LogP contribution is -2.62. The number of amides is 3. The van der Waals surface area contributed by atoms with Crippen LogP contribution in [0.3, 0.4) is 0 Å². The van der Waals surface area contributed by atoms with Crippen LogP contribution >= 0.6 is 0 Å². The SMILES string of the molecule is CC[C@@H](CO)N1C(=O)[C@@H]2[C@H]3C(=O)O[C@@H](c4ccccc4)[C@H](C)N(C)C(=O)CC/C=C\CN(C(C)(C)CC(C)(C)C)C(=O)[C@@H]1[C@]21C=C[C@H]3O1. The molecule has 48 heavy (non-hydrogen) atoms. The van der Waals surface area contributed by atoms with Crippen molar-refractivity contribution in [3.8, 4) is 0 Å². The van der Waals surface area contributed by atoms with Crippen LogP contribution in [0, 0.1) is 17.3 Å². The zero-order valence-corrected chi connectivity index (χ0v) is 29.7. The van der Waals surface area contributed by atoms with Crippen molar-refractivity contribution in [1.82, 2.24) is 14.7 Å². The molecule has 4 heterocycles. The van der Waals surface area contributed by atoms with Gasteiger partial charge < -0.3 is 29.3 Å². The summed E-state index contributed by atoms with van der Waals surface area (Å²) in [4.78, 5) is 62.4. The Morgan fingerprint density at radius 2 is 1.71 bits per heavy atom. The van der Waals surface area contributed by atoms with Gasteiger partial charge in [-0.15, -0.1) is 0 Å². The molecule has 0 unspecified atom stereocenters. The van der Waals surface area contributed by atoms with Gasteiger partial charge >= 0.3 is 5.97 Å². The van der Waals surface area contributed by atoms with Gasteiger partial charge in [0.2, 0.25) is 17.7 Å². The van der Waals surface area contributed by atoms with E-state index in [-0.39, 0.29) is 36.8 Å². The number of likely N-dealkylation sites (N-methyl/N-ethyl adjacent to an activating group) is 1. The lowest BCUT2D eigenvalue weighted by atomic mass is 9.74. The average molecular weight is 664 g/mol. The number of hydrogen-bond donors (Lipinski definition) is 1. The van der Waals surface area contributed by atoms with Gasteiger partial charge in [0.15, 0.2) is 0 Å². The maximum absolute atomic E-state index is 15.1. The largest absolute Gasteiger partial charge is 0.455 e. The Labute approximate surface area is 285 Å². The number of aliphatic hydroxyl groups is 1. The van der Waals surface area contributed by atoms with Crippen molar-refractivity contribution in [2.45, 2.75) is 116 Å². The van der Waals surface area contributed by atoms with Crippen molar-refractivity contribution in [2.24, 2.45) is 17.3 Å². The quantitative estimate of drug-likeness (QED) is 0.354. The van der Waals surface area contributed by atoms with Crippen molar-refractivity contribution in [3.63, 3.8) is 0 Å². The van der Waals surface area contributed by atoms with Crippen molar-refractivity contribution in [1.29, 1.82) is 0 Å². The summed E-state index contributed by atoms with van der Waals surface area (Å²) in [6.07, 6.45) is 7.63. The standard InChI is InChI=1S/C38H53N3O7/c1-9-26(22-42)41-32-34(45)40(37(6,7)23-36(3,4)5)21-15-11-14-18-28(43)39(8)24(2)31(25-16-12-10-13-17-25)47-35(46)29-27-19-20-38(32,48-27)30(29)33(41)44/h10-13,15-17,19-20,24,26-27,29-32,42H,9,14,18,21-23H2,1-8H3/b15-11-/t24-,26-,27+,29-,30-,31+,32+,38-/m0/s1. The van der Waals surface area contributed by atoms with Gasteiger partial charge in [0.25, 0.3) is 0 Å². The Bertz CT molecular complexity index is 1450. The summed E-state index contributed by atoms with van der Waals surface area (Å²) in [5.74, 6) is -3.44. The molecule has 4 aliphatic rings. The highest BCUT2D eigenvalue weighted by atomic mass is 16.6. The third kappa shape index (κ3) is 6.33. The first kappa shape index (κ1) is 35.8. The molecule has 8 atom stereocenters. The second kappa shape index (κ2) is 13.4. The van der Waals surface area contributed by atoms with Gasteiger partial charge in [-0.3, -0.25) is 19.2 Å². The van der Waals surface area contributed by atoms with Crippen LogP contribution in [0.5, 0.6) is 0 Å². The van der Waals surface area contributed by atoms with E-state index in [1.165, 1.54) is 4.90 Å². The van der Waals surface area contributed by atoms with Gasteiger partial charge in [-0.1, -0.05) is 82.3 Å². The second-order valence-electron chi connectivity index (χ2n) is 15.7. The number of aliphatic hydroxyl groups excluding tert-OH is 1. The van der Waals surface area contributed by atoms with Crippen LogP contribution in [0.25, 0.3) is 0 Å². The molecule has 4 aliphatic heterocycles. The van der Waals surface area contributed by atoms with Crippen LogP contribution in [-0.4, -0.2) is 99.1 Å². The molecule has 0 saturated carbocycles. The predicted octanol–water partition coefficient (Wildman–Crippen LogP) is 4.43. The number of carbonyl (C=O) groups excluding carboxylic acids is 4. The van der Waals surface area contributed by atoms with E-state index in [4.69, 9.17) is 9.47 Å². The molecule has 3 amide bonds. The van der Waals surface area contributed by atoms with Gasteiger partial charge in [-0.25, -0.2) is 0 Å². The van der Waals surface area contributed by atoms with Gasteiger partial charge in [0.1, 0.15) is 23.7 Å². The van der Waals surface area contributed by atoms with Crippen molar-refractivity contribution in [3.05, 3.63) is 60.2 Å². The molecule has 10 nitrogen and oxygen atoms in total. The Balaban J connectivity index is 1.65. The van der Waals surface area contributed by atoms with Gasteiger partial charge in [0.05, 0.1) is 30.7 Å². The van der Waals surface area contributed by atoms with Crippen LogP contribution in [0.15, 0.2) is 54.6 Å². The van der Waals surface area contributed by atoms with Crippen molar-refractivity contribution >= 4 is 23.7 Å². The summed E-state index contributed by atoms with van der Waals surface area (Å²) in [5.41, 5.74) is -1.44. The first-order valence-corrected chi connectivity index (χ1v) is 17.4. The lowest BCUT2D eigenvalue weighted by molar-refractivity contribution is -0.164. The number of likely N-dealkylation sites (tertiary alicyclic amines) is 1. The van der Waals surface area contributed by atoms with Gasteiger partial charge in [0, 0.05) is 25.6 Å². The highest BCUT2D eigenvalue weighted by Crippen LogP contribution is 2.57. The normalized spacial score (nSPS) is 32.9. The first-order valence-electron chi connectivity index (χ1n) is 17.4. The maximum atomic E-state index is 15.1. The van der Waals surface area contributed by atoms with E-state index in [1.54, 1.807) is 29.0 Å².